The van der Waals surface area contributed by atoms with Gasteiger partial charge in [0.2, 0.25) is 0 Å². The van der Waals surface area contributed by atoms with Crippen LogP contribution in [0.25, 0.3) is 65.0 Å². The van der Waals surface area contributed by atoms with Gasteiger partial charge in [0.15, 0.2) is 0 Å². The zero-order valence-electron chi connectivity index (χ0n) is 17.5. The van der Waals surface area contributed by atoms with E-state index in [1.54, 1.807) is 0 Å². The van der Waals surface area contributed by atoms with Crippen molar-refractivity contribution in [1.82, 2.24) is 0 Å². The molecular weight excluding hydrogens is 384 g/mol. The van der Waals surface area contributed by atoms with Gasteiger partial charge in [0.25, 0.3) is 0 Å². The molecule has 0 radical (unpaired) electrons. The highest BCUT2D eigenvalue weighted by molar-refractivity contribution is 6.18. The van der Waals surface area contributed by atoms with Crippen LogP contribution in [0.4, 0.5) is 0 Å². The fourth-order valence-corrected chi connectivity index (χ4v) is 5.21. The van der Waals surface area contributed by atoms with Gasteiger partial charge in [-0.15, -0.1) is 0 Å². The maximum atomic E-state index is 2.36. The summed E-state index contributed by atoms with van der Waals surface area (Å²) in [5.41, 5.74) is 2.55. The average molecular weight is 405 g/mol. The van der Waals surface area contributed by atoms with Crippen LogP contribution >= 0.6 is 0 Å². The van der Waals surface area contributed by atoms with E-state index in [1.165, 1.54) is 65.0 Å². The minimum Gasteiger partial charge on any atom is -0.0616 e. The SMILES string of the molecule is c1ccc2cc3c(cc2c1)c(-c1ccc2c(ccc4ccccc42)c1)cc1ccccc13. The molecule has 148 valence electrons. The third kappa shape index (κ3) is 2.57. The molecule has 0 heterocycles. The van der Waals surface area contributed by atoms with Crippen molar-refractivity contribution in [1.29, 1.82) is 0 Å². The Kier molecular flexibility index (Phi) is 3.65. The van der Waals surface area contributed by atoms with Gasteiger partial charge in [-0.2, -0.15) is 0 Å². The van der Waals surface area contributed by atoms with Crippen molar-refractivity contribution >= 4 is 53.9 Å². The lowest BCUT2D eigenvalue weighted by Crippen LogP contribution is -1.87. The van der Waals surface area contributed by atoms with E-state index in [4.69, 9.17) is 0 Å². The van der Waals surface area contributed by atoms with Crippen molar-refractivity contribution in [3.8, 4) is 11.1 Å². The van der Waals surface area contributed by atoms with Crippen LogP contribution < -0.4 is 0 Å². The number of rotatable bonds is 1. The Morgan fingerprint density at radius 2 is 0.812 bits per heavy atom. The van der Waals surface area contributed by atoms with Gasteiger partial charge in [0, 0.05) is 0 Å². The van der Waals surface area contributed by atoms with Crippen molar-refractivity contribution in [2.24, 2.45) is 0 Å². The molecule has 7 aromatic rings. The molecule has 0 N–H and O–H groups in total. The lowest BCUT2D eigenvalue weighted by molar-refractivity contribution is 1.71. The van der Waals surface area contributed by atoms with Crippen molar-refractivity contribution in [2.75, 3.05) is 0 Å². The number of benzene rings is 7. The van der Waals surface area contributed by atoms with Crippen LogP contribution in [-0.4, -0.2) is 0 Å². The monoisotopic (exact) mass is 404 g/mol. The summed E-state index contributed by atoms with van der Waals surface area (Å²) >= 11 is 0. The molecule has 0 spiro atoms. The molecule has 32 heavy (non-hydrogen) atoms. The molecule has 0 unspecified atom stereocenters. The van der Waals surface area contributed by atoms with Crippen LogP contribution in [0.1, 0.15) is 0 Å². The molecule has 7 rings (SSSR count). The van der Waals surface area contributed by atoms with Gasteiger partial charge >= 0.3 is 0 Å². The molecule has 0 aliphatic heterocycles. The molecule has 0 bridgehead atoms. The zero-order chi connectivity index (χ0) is 21.1. The summed E-state index contributed by atoms with van der Waals surface area (Å²) in [6.45, 7) is 0. The van der Waals surface area contributed by atoms with E-state index in [2.05, 4.69) is 121 Å². The highest BCUT2D eigenvalue weighted by Crippen LogP contribution is 2.38. The minimum absolute atomic E-state index is 1.26. The second-order valence-corrected chi connectivity index (χ2v) is 8.61. The van der Waals surface area contributed by atoms with Crippen LogP contribution in [0, 0.1) is 0 Å². The summed E-state index contributed by atoms with van der Waals surface area (Å²) in [6, 6.07) is 44.5. The second kappa shape index (κ2) is 6.67. The van der Waals surface area contributed by atoms with Crippen LogP contribution in [0.3, 0.4) is 0 Å². The Labute approximate surface area is 186 Å². The summed E-state index contributed by atoms with van der Waals surface area (Å²) < 4.78 is 0. The summed E-state index contributed by atoms with van der Waals surface area (Å²) in [4.78, 5) is 0. The maximum absolute atomic E-state index is 2.36. The molecule has 0 heteroatoms. The molecule has 0 aromatic heterocycles. The summed E-state index contributed by atoms with van der Waals surface area (Å²) in [6.07, 6.45) is 0. The van der Waals surface area contributed by atoms with Crippen LogP contribution in [-0.2, 0) is 0 Å². The van der Waals surface area contributed by atoms with E-state index < -0.39 is 0 Å². The van der Waals surface area contributed by atoms with Crippen molar-refractivity contribution in [3.63, 3.8) is 0 Å². The summed E-state index contributed by atoms with van der Waals surface area (Å²) in [7, 11) is 0. The Morgan fingerprint density at radius 3 is 1.59 bits per heavy atom. The highest BCUT2D eigenvalue weighted by Gasteiger charge is 2.11. The third-order valence-electron chi connectivity index (χ3n) is 6.78. The van der Waals surface area contributed by atoms with E-state index in [1.807, 2.05) is 0 Å². The first-order valence-corrected chi connectivity index (χ1v) is 11.1. The first-order chi connectivity index (χ1) is 15.8. The second-order valence-electron chi connectivity index (χ2n) is 8.61. The molecule has 0 atom stereocenters. The van der Waals surface area contributed by atoms with Crippen molar-refractivity contribution in [2.45, 2.75) is 0 Å². The van der Waals surface area contributed by atoms with Crippen molar-refractivity contribution < 1.29 is 0 Å². The molecule has 0 saturated carbocycles. The lowest BCUT2D eigenvalue weighted by Gasteiger charge is -2.14. The molecule has 7 aromatic carbocycles. The predicted octanol–water partition coefficient (Wildman–Crippen LogP) is 9.12. The molecule has 0 amide bonds. The number of hydrogen-bond donors (Lipinski definition) is 0. The quantitative estimate of drug-likeness (QED) is 0.189. The van der Waals surface area contributed by atoms with E-state index in [0.29, 0.717) is 0 Å². The third-order valence-corrected chi connectivity index (χ3v) is 6.78. The Balaban J connectivity index is 1.58. The van der Waals surface area contributed by atoms with Crippen LogP contribution in [0.15, 0.2) is 121 Å². The molecule has 0 fully saturated rings. The van der Waals surface area contributed by atoms with Crippen LogP contribution in [0.2, 0.25) is 0 Å². The standard InChI is InChI=1S/C32H20/c1-2-9-23-19-32-30(20-24-10-4-6-12-28(24)31(32)18-22(23)8-1)26-15-16-29-25(17-26)14-13-21-7-3-5-11-27(21)29/h1-20H. The number of hydrogen-bond acceptors (Lipinski definition) is 0. The van der Waals surface area contributed by atoms with E-state index in [0.717, 1.165) is 0 Å². The van der Waals surface area contributed by atoms with Gasteiger partial charge in [-0.05, 0) is 89.3 Å². The molecular formula is C32H20. The summed E-state index contributed by atoms with van der Waals surface area (Å²) in [5, 5.41) is 13.0. The van der Waals surface area contributed by atoms with E-state index in [9.17, 15) is 0 Å². The van der Waals surface area contributed by atoms with Crippen LogP contribution in [0.5, 0.6) is 0 Å². The first kappa shape index (κ1) is 17.5. The fraction of sp³-hybridized carbons (Fsp3) is 0. The smallest absolute Gasteiger partial charge is 0.00926 e. The molecule has 0 aliphatic rings. The molecule has 0 aliphatic carbocycles. The number of fused-ring (bicyclic) bond motifs is 7. The highest BCUT2D eigenvalue weighted by atomic mass is 14.1. The average Bonchev–Trinajstić information content (AvgIpc) is 2.86. The zero-order valence-corrected chi connectivity index (χ0v) is 17.5. The van der Waals surface area contributed by atoms with Gasteiger partial charge < -0.3 is 0 Å². The first-order valence-electron chi connectivity index (χ1n) is 11.1. The maximum Gasteiger partial charge on any atom is -0.00926 e. The summed E-state index contributed by atoms with van der Waals surface area (Å²) in [5.74, 6) is 0. The van der Waals surface area contributed by atoms with Gasteiger partial charge in [0.05, 0.1) is 0 Å². The Bertz CT molecular complexity index is 1820. The Hall–Kier alpha value is -4.16. The van der Waals surface area contributed by atoms with Gasteiger partial charge in [-0.3, -0.25) is 0 Å². The fourth-order valence-electron chi connectivity index (χ4n) is 5.21. The van der Waals surface area contributed by atoms with Gasteiger partial charge in [0.1, 0.15) is 0 Å². The van der Waals surface area contributed by atoms with Gasteiger partial charge in [-0.25, -0.2) is 0 Å². The predicted molar refractivity (Wildman–Crippen MR) is 139 cm³/mol. The normalized spacial score (nSPS) is 11.8. The molecule has 0 saturated heterocycles. The molecule has 0 nitrogen and oxygen atoms in total. The largest absolute Gasteiger partial charge is 0.0616 e. The lowest BCUT2D eigenvalue weighted by atomic mass is 9.90. The van der Waals surface area contributed by atoms with Gasteiger partial charge in [-0.1, -0.05) is 97.1 Å². The topological polar surface area (TPSA) is 0 Å². The van der Waals surface area contributed by atoms with E-state index in [-0.39, 0.29) is 0 Å². The van der Waals surface area contributed by atoms with Crippen molar-refractivity contribution in [3.05, 3.63) is 121 Å². The van der Waals surface area contributed by atoms with E-state index >= 15 is 0 Å². The minimum atomic E-state index is 1.26. The Morgan fingerprint density at radius 1 is 0.281 bits per heavy atom.